The number of hydrogen-bond acceptors (Lipinski definition) is 2. The summed E-state index contributed by atoms with van der Waals surface area (Å²) in [6.45, 7) is 1.66. The molecule has 0 radical (unpaired) electrons. The van der Waals surface area contributed by atoms with Gasteiger partial charge in [-0.15, -0.1) is 0 Å². The number of carbonyl (C=O) groups is 1. The van der Waals surface area contributed by atoms with Gasteiger partial charge in [-0.25, -0.2) is 0 Å². The predicted octanol–water partition coefficient (Wildman–Crippen LogP) is 4.43. The average Bonchev–Trinajstić information content (AvgIpc) is 2.74. The second-order valence-electron chi connectivity index (χ2n) is 4.56. The van der Waals surface area contributed by atoms with Crippen molar-refractivity contribution in [3.8, 4) is 0 Å². The number of aliphatic carboxylic acids is 1. The summed E-state index contributed by atoms with van der Waals surface area (Å²) in [5.41, 5.74) is 2.16. The number of carboxylic acid groups (broad SMARTS) is 1. The standard InChI is InChI=1S/C15H11ClO3/c1-8(15(17)18)9-2-4-11-12-7-10(16)3-5-13(12)19-14(11)6-9/h2-8H,1H3,(H,17,18)/t8-/m0/s1. The summed E-state index contributed by atoms with van der Waals surface area (Å²) in [6, 6.07) is 10.9. The fraction of sp³-hybridized carbons (Fsp3) is 0.133. The molecule has 0 saturated carbocycles. The molecular weight excluding hydrogens is 264 g/mol. The molecule has 0 aliphatic carbocycles. The fourth-order valence-corrected chi connectivity index (χ4v) is 2.35. The molecule has 1 aromatic heterocycles. The van der Waals surface area contributed by atoms with Crippen molar-refractivity contribution in [2.24, 2.45) is 0 Å². The third-order valence-corrected chi connectivity index (χ3v) is 3.56. The molecule has 0 fully saturated rings. The van der Waals surface area contributed by atoms with Gasteiger partial charge in [-0.05, 0) is 36.8 Å². The topological polar surface area (TPSA) is 50.4 Å². The first-order valence-electron chi connectivity index (χ1n) is 5.91. The molecule has 4 heteroatoms. The lowest BCUT2D eigenvalue weighted by Gasteiger charge is -2.05. The lowest BCUT2D eigenvalue weighted by molar-refractivity contribution is -0.138. The number of furan rings is 1. The molecule has 0 saturated heterocycles. The van der Waals surface area contributed by atoms with Crippen LogP contribution in [0.25, 0.3) is 21.9 Å². The Hall–Kier alpha value is -2.00. The third-order valence-electron chi connectivity index (χ3n) is 3.33. The summed E-state index contributed by atoms with van der Waals surface area (Å²) in [7, 11) is 0. The van der Waals surface area contributed by atoms with E-state index in [-0.39, 0.29) is 0 Å². The second kappa shape index (κ2) is 4.28. The van der Waals surface area contributed by atoms with Crippen LogP contribution >= 0.6 is 11.6 Å². The molecular formula is C15H11ClO3. The SMILES string of the molecule is C[C@H](C(=O)O)c1ccc2c(c1)oc1ccc(Cl)cc12. The third kappa shape index (κ3) is 1.96. The first-order chi connectivity index (χ1) is 9.06. The molecule has 0 bridgehead atoms. The number of rotatable bonds is 2. The maximum absolute atomic E-state index is 11.0. The molecule has 1 heterocycles. The summed E-state index contributed by atoms with van der Waals surface area (Å²) >= 11 is 5.98. The van der Waals surface area contributed by atoms with E-state index in [2.05, 4.69) is 0 Å². The van der Waals surface area contributed by atoms with E-state index in [0.717, 1.165) is 21.9 Å². The van der Waals surface area contributed by atoms with Crippen LogP contribution in [-0.4, -0.2) is 11.1 Å². The van der Waals surface area contributed by atoms with Gasteiger partial charge in [0, 0.05) is 15.8 Å². The van der Waals surface area contributed by atoms with Gasteiger partial charge < -0.3 is 9.52 Å². The van der Waals surface area contributed by atoms with Crippen LogP contribution in [0.1, 0.15) is 18.4 Å². The van der Waals surface area contributed by atoms with Gasteiger partial charge in [0.1, 0.15) is 11.2 Å². The van der Waals surface area contributed by atoms with Crippen molar-refractivity contribution >= 4 is 39.5 Å². The summed E-state index contributed by atoms with van der Waals surface area (Å²) in [4.78, 5) is 11.0. The van der Waals surface area contributed by atoms with E-state index in [1.54, 1.807) is 19.1 Å². The van der Waals surface area contributed by atoms with E-state index in [0.29, 0.717) is 10.6 Å². The van der Waals surface area contributed by atoms with Crippen LogP contribution in [0.5, 0.6) is 0 Å². The van der Waals surface area contributed by atoms with E-state index in [4.69, 9.17) is 21.1 Å². The minimum Gasteiger partial charge on any atom is -0.481 e. The highest BCUT2D eigenvalue weighted by Gasteiger charge is 2.15. The maximum atomic E-state index is 11.0. The Morgan fingerprint density at radius 1 is 1.16 bits per heavy atom. The normalized spacial score (nSPS) is 12.9. The van der Waals surface area contributed by atoms with Crippen LogP contribution in [0.4, 0.5) is 0 Å². The molecule has 3 aromatic rings. The highest BCUT2D eigenvalue weighted by atomic mass is 35.5. The van der Waals surface area contributed by atoms with E-state index >= 15 is 0 Å². The van der Waals surface area contributed by atoms with Crippen molar-refractivity contribution in [2.75, 3.05) is 0 Å². The molecule has 0 unspecified atom stereocenters. The van der Waals surface area contributed by atoms with Crippen molar-refractivity contribution in [1.82, 2.24) is 0 Å². The molecule has 0 spiro atoms. The van der Waals surface area contributed by atoms with Crippen LogP contribution in [0.15, 0.2) is 40.8 Å². The molecule has 0 aliphatic rings. The molecule has 3 rings (SSSR count). The van der Waals surface area contributed by atoms with Gasteiger partial charge in [0.15, 0.2) is 0 Å². The van der Waals surface area contributed by atoms with Gasteiger partial charge in [-0.1, -0.05) is 23.7 Å². The smallest absolute Gasteiger partial charge is 0.310 e. The van der Waals surface area contributed by atoms with Crippen molar-refractivity contribution in [1.29, 1.82) is 0 Å². The minimum atomic E-state index is -0.849. The largest absolute Gasteiger partial charge is 0.481 e. The predicted molar refractivity (Wildman–Crippen MR) is 74.8 cm³/mol. The van der Waals surface area contributed by atoms with Gasteiger partial charge in [0.2, 0.25) is 0 Å². The van der Waals surface area contributed by atoms with Crippen LogP contribution in [0.2, 0.25) is 5.02 Å². The Balaban J connectivity index is 2.24. The number of fused-ring (bicyclic) bond motifs is 3. The van der Waals surface area contributed by atoms with E-state index in [9.17, 15) is 4.79 Å². The Labute approximate surface area is 114 Å². The fourth-order valence-electron chi connectivity index (χ4n) is 2.18. The molecule has 1 atom stereocenters. The summed E-state index contributed by atoms with van der Waals surface area (Å²) in [5.74, 6) is -1.40. The van der Waals surface area contributed by atoms with E-state index in [1.165, 1.54) is 0 Å². The average molecular weight is 275 g/mol. The lowest BCUT2D eigenvalue weighted by atomic mass is 10.00. The molecule has 2 aromatic carbocycles. The van der Waals surface area contributed by atoms with Crippen molar-refractivity contribution in [3.05, 3.63) is 47.0 Å². The highest BCUT2D eigenvalue weighted by molar-refractivity contribution is 6.31. The van der Waals surface area contributed by atoms with E-state index in [1.807, 2.05) is 24.3 Å². The first kappa shape index (κ1) is 12.1. The van der Waals surface area contributed by atoms with Gasteiger partial charge in [0.05, 0.1) is 5.92 Å². The zero-order chi connectivity index (χ0) is 13.6. The molecule has 96 valence electrons. The van der Waals surface area contributed by atoms with Gasteiger partial charge >= 0.3 is 5.97 Å². The van der Waals surface area contributed by atoms with Crippen molar-refractivity contribution in [3.63, 3.8) is 0 Å². The van der Waals surface area contributed by atoms with Crippen LogP contribution < -0.4 is 0 Å². The Morgan fingerprint density at radius 2 is 1.95 bits per heavy atom. The molecule has 19 heavy (non-hydrogen) atoms. The quantitative estimate of drug-likeness (QED) is 0.752. The Kier molecular flexibility index (Phi) is 2.72. The minimum absolute atomic E-state index is 0.554. The first-order valence-corrected chi connectivity index (χ1v) is 6.28. The number of carboxylic acids is 1. The van der Waals surface area contributed by atoms with Gasteiger partial charge in [-0.2, -0.15) is 0 Å². The highest BCUT2D eigenvalue weighted by Crippen LogP contribution is 2.32. The van der Waals surface area contributed by atoms with E-state index < -0.39 is 11.9 Å². The zero-order valence-electron chi connectivity index (χ0n) is 10.2. The summed E-state index contributed by atoms with van der Waals surface area (Å²) in [6.07, 6.45) is 0. The number of benzene rings is 2. The monoisotopic (exact) mass is 274 g/mol. The lowest BCUT2D eigenvalue weighted by Crippen LogP contribution is -2.06. The van der Waals surface area contributed by atoms with Crippen molar-refractivity contribution < 1.29 is 14.3 Å². The second-order valence-corrected chi connectivity index (χ2v) is 4.99. The summed E-state index contributed by atoms with van der Waals surface area (Å²) < 4.78 is 5.73. The van der Waals surface area contributed by atoms with Crippen LogP contribution in [-0.2, 0) is 4.79 Å². The Bertz CT molecular complexity index is 789. The number of hydrogen-bond donors (Lipinski definition) is 1. The Morgan fingerprint density at radius 3 is 2.68 bits per heavy atom. The van der Waals surface area contributed by atoms with Crippen molar-refractivity contribution in [2.45, 2.75) is 12.8 Å². The molecule has 0 amide bonds. The van der Waals surface area contributed by atoms with Gasteiger partial charge in [-0.3, -0.25) is 4.79 Å². The number of halogens is 1. The molecule has 0 aliphatic heterocycles. The van der Waals surface area contributed by atoms with Crippen LogP contribution in [0, 0.1) is 0 Å². The van der Waals surface area contributed by atoms with Gasteiger partial charge in [0.25, 0.3) is 0 Å². The molecule has 1 N–H and O–H groups in total. The maximum Gasteiger partial charge on any atom is 0.310 e. The zero-order valence-corrected chi connectivity index (χ0v) is 10.9. The molecule has 3 nitrogen and oxygen atoms in total. The summed E-state index contributed by atoms with van der Waals surface area (Å²) in [5, 5.41) is 11.6. The van der Waals surface area contributed by atoms with Crippen LogP contribution in [0.3, 0.4) is 0 Å².